The monoisotopic (exact) mass is 390 g/mol. The average Bonchev–Trinajstić information content (AvgIpc) is 2.67. The highest BCUT2D eigenvalue weighted by atomic mass is 35.5. The fraction of sp³-hybridized carbons (Fsp3) is 0.455. The van der Waals surface area contributed by atoms with Crippen LogP contribution in [0, 0.1) is 0 Å². The van der Waals surface area contributed by atoms with Crippen LogP contribution in [0.1, 0.15) is 67.2 Å². The predicted molar refractivity (Wildman–Crippen MR) is 112 cm³/mol. The molecule has 2 aromatic rings. The molecule has 1 aliphatic carbocycles. The Morgan fingerprint density at radius 3 is 2.42 bits per heavy atom. The Labute approximate surface area is 167 Å². The van der Waals surface area contributed by atoms with Gasteiger partial charge in [0.1, 0.15) is 0 Å². The molecule has 0 saturated heterocycles. The van der Waals surface area contributed by atoms with E-state index < -0.39 is 0 Å². The molecular weight excluding hydrogens is 363 g/mol. The fourth-order valence-electron chi connectivity index (χ4n) is 3.98. The van der Waals surface area contributed by atoms with Crippen molar-refractivity contribution < 1.29 is 0 Å². The van der Waals surface area contributed by atoms with Crippen LogP contribution in [0.4, 0.5) is 0 Å². The van der Waals surface area contributed by atoms with Gasteiger partial charge in [0.2, 0.25) is 0 Å². The van der Waals surface area contributed by atoms with Gasteiger partial charge in [-0.2, -0.15) is 0 Å². The van der Waals surface area contributed by atoms with Gasteiger partial charge in [0, 0.05) is 12.0 Å². The van der Waals surface area contributed by atoms with Crippen molar-refractivity contribution >= 4 is 23.2 Å². The normalized spacial score (nSPS) is 19.3. The van der Waals surface area contributed by atoms with Gasteiger partial charge in [-0.05, 0) is 67.6 Å². The van der Waals surface area contributed by atoms with Gasteiger partial charge < -0.3 is 11.1 Å². The minimum absolute atomic E-state index is 0.392. The van der Waals surface area contributed by atoms with Crippen molar-refractivity contribution in [2.75, 3.05) is 13.1 Å². The van der Waals surface area contributed by atoms with E-state index in [-0.39, 0.29) is 0 Å². The first-order valence-corrected chi connectivity index (χ1v) is 10.4. The van der Waals surface area contributed by atoms with Crippen molar-refractivity contribution in [3.63, 3.8) is 0 Å². The van der Waals surface area contributed by atoms with Gasteiger partial charge in [0.15, 0.2) is 0 Å². The first-order chi connectivity index (χ1) is 12.7. The van der Waals surface area contributed by atoms with Crippen molar-refractivity contribution in [1.82, 2.24) is 5.32 Å². The number of benzene rings is 2. The molecule has 0 bridgehead atoms. The first kappa shape index (κ1) is 19.7. The van der Waals surface area contributed by atoms with Crippen LogP contribution in [-0.4, -0.2) is 13.1 Å². The second-order valence-electron chi connectivity index (χ2n) is 7.14. The molecule has 3 rings (SSSR count). The molecule has 3 N–H and O–H groups in total. The van der Waals surface area contributed by atoms with Crippen LogP contribution in [0.3, 0.4) is 0 Å². The number of rotatable bonds is 8. The molecule has 0 aromatic heterocycles. The lowest BCUT2D eigenvalue weighted by atomic mass is 9.77. The highest BCUT2D eigenvalue weighted by molar-refractivity contribution is 6.42. The molecule has 0 saturated carbocycles. The van der Waals surface area contributed by atoms with Crippen LogP contribution >= 0.6 is 23.2 Å². The van der Waals surface area contributed by atoms with E-state index in [9.17, 15) is 0 Å². The van der Waals surface area contributed by atoms with E-state index in [4.69, 9.17) is 28.9 Å². The average molecular weight is 391 g/mol. The van der Waals surface area contributed by atoms with E-state index in [2.05, 4.69) is 35.6 Å². The zero-order valence-electron chi connectivity index (χ0n) is 15.2. The molecule has 1 aliphatic rings. The quantitative estimate of drug-likeness (QED) is 0.536. The van der Waals surface area contributed by atoms with Crippen molar-refractivity contribution in [2.45, 2.75) is 50.5 Å². The molecule has 140 valence electrons. The van der Waals surface area contributed by atoms with Crippen LogP contribution in [0.15, 0.2) is 42.5 Å². The summed E-state index contributed by atoms with van der Waals surface area (Å²) in [7, 11) is 0. The van der Waals surface area contributed by atoms with Crippen molar-refractivity contribution in [3.05, 3.63) is 69.2 Å². The zero-order valence-corrected chi connectivity index (χ0v) is 16.7. The Morgan fingerprint density at radius 1 is 0.885 bits per heavy atom. The number of nitrogens with two attached hydrogens (primary N) is 1. The lowest BCUT2D eigenvalue weighted by Crippen LogP contribution is -2.27. The van der Waals surface area contributed by atoms with Gasteiger partial charge in [0.25, 0.3) is 0 Å². The zero-order chi connectivity index (χ0) is 18.4. The van der Waals surface area contributed by atoms with Crippen LogP contribution < -0.4 is 11.1 Å². The predicted octanol–water partition coefficient (Wildman–Crippen LogP) is 6.07. The third kappa shape index (κ3) is 4.80. The molecule has 2 nitrogen and oxygen atoms in total. The van der Waals surface area contributed by atoms with Gasteiger partial charge in [-0.3, -0.25) is 0 Å². The third-order valence-corrected chi connectivity index (χ3v) is 6.10. The fourth-order valence-corrected chi connectivity index (χ4v) is 4.28. The Hall–Kier alpha value is -1.06. The van der Waals surface area contributed by atoms with Gasteiger partial charge in [0.05, 0.1) is 10.0 Å². The lowest BCUT2D eigenvalue weighted by Gasteiger charge is -2.32. The summed E-state index contributed by atoms with van der Waals surface area (Å²) in [5.74, 6) is 0.392. The van der Waals surface area contributed by atoms with E-state index in [0.29, 0.717) is 22.0 Å². The van der Waals surface area contributed by atoms with Crippen LogP contribution in [-0.2, 0) is 0 Å². The molecule has 0 fully saturated rings. The number of hydrogen-bond donors (Lipinski definition) is 2. The van der Waals surface area contributed by atoms with Crippen LogP contribution in [0.2, 0.25) is 10.0 Å². The summed E-state index contributed by atoms with van der Waals surface area (Å²) in [5.41, 5.74) is 9.66. The molecule has 0 spiro atoms. The molecule has 0 radical (unpaired) electrons. The minimum Gasteiger partial charge on any atom is -0.330 e. The molecule has 0 unspecified atom stereocenters. The van der Waals surface area contributed by atoms with Gasteiger partial charge in [-0.25, -0.2) is 0 Å². The maximum absolute atomic E-state index is 6.26. The molecule has 2 atom stereocenters. The topological polar surface area (TPSA) is 38.0 Å². The highest BCUT2D eigenvalue weighted by Crippen LogP contribution is 2.42. The summed E-state index contributed by atoms with van der Waals surface area (Å²) in [4.78, 5) is 0. The molecule has 0 heterocycles. The molecule has 26 heavy (non-hydrogen) atoms. The van der Waals surface area contributed by atoms with Gasteiger partial charge >= 0.3 is 0 Å². The molecular formula is C22H28Cl2N2. The number of fused-ring (bicyclic) bond motifs is 1. The number of halogens is 2. The molecule has 4 heteroatoms. The SMILES string of the molecule is NCCCCCCN[C@@H]1CC[C@@H](c2ccc(Cl)c(Cl)c2)c2ccccc21. The van der Waals surface area contributed by atoms with Crippen molar-refractivity contribution in [2.24, 2.45) is 5.73 Å². The second-order valence-corrected chi connectivity index (χ2v) is 7.96. The van der Waals surface area contributed by atoms with E-state index in [1.165, 1.54) is 36.0 Å². The minimum atomic E-state index is 0.392. The maximum atomic E-state index is 6.26. The summed E-state index contributed by atoms with van der Waals surface area (Å²) in [6.07, 6.45) is 7.11. The standard InChI is InChI=1S/C22H28Cl2N2/c23-20-11-9-16(15-21(20)24)17-10-12-22(19-8-4-3-7-18(17)19)26-14-6-2-1-5-13-25/h3-4,7-9,11,15,17,22,26H,1-2,5-6,10,12-14,25H2/t17-,22+/m0/s1. The highest BCUT2D eigenvalue weighted by Gasteiger charge is 2.27. The Balaban J connectivity index is 1.69. The van der Waals surface area contributed by atoms with Gasteiger partial charge in [-0.1, -0.05) is 66.4 Å². The third-order valence-electron chi connectivity index (χ3n) is 5.36. The Kier molecular flexibility index (Phi) is 7.39. The number of hydrogen-bond acceptors (Lipinski definition) is 2. The second kappa shape index (κ2) is 9.75. The first-order valence-electron chi connectivity index (χ1n) is 9.68. The summed E-state index contributed by atoms with van der Waals surface area (Å²) in [6, 6.07) is 15.3. The molecule has 0 aliphatic heterocycles. The van der Waals surface area contributed by atoms with E-state index >= 15 is 0 Å². The smallest absolute Gasteiger partial charge is 0.0595 e. The number of nitrogens with one attached hydrogen (secondary N) is 1. The van der Waals surface area contributed by atoms with E-state index in [1.807, 2.05) is 12.1 Å². The Morgan fingerprint density at radius 2 is 1.65 bits per heavy atom. The van der Waals surface area contributed by atoms with Crippen molar-refractivity contribution in [1.29, 1.82) is 0 Å². The van der Waals surface area contributed by atoms with Crippen LogP contribution in [0.5, 0.6) is 0 Å². The summed E-state index contributed by atoms with van der Waals surface area (Å²) < 4.78 is 0. The molecule has 0 amide bonds. The van der Waals surface area contributed by atoms with Crippen LogP contribution in [0.25, 0.3) is 0 Å². The van der Waals surface area contributed by atoms with E-state index in [0.717, 1.165) is 32.4 Å². The van der Waals surface area contributed by atoms with Gasteiger partial charge in [-0.15, -0.1) is 0 Å². The van der Waals surface area contributed by atoms with Crippen molar-refractivity contribution in [3.8, 4) is 0 Å². The Bertz CT molecular complexity index is 717. The summed E-state index contributed by atoms with van der Waals surface area (Å²) in [6.45, 7) is 1.88. The summed E-state index contributed by atoms with van der Waals surface area (Å²) >= 11 is 12.4. The number of unbranched alkanes of at least 4 members (excludes halogenated alkanes) is 3. The largest absolute Gasteiger partial charge is 0.330 e. The molecule has 2 aromatic carbocycles. The van der Waals surface area contributed by atoms with E-state index in [1.54, 1.807) is 0 Å². The summed E-state index contributed by atoms with van der Waals surface area (Å²) in [5, 5.41) is 5.03. The maximum Gasteiger partial charge on any atom is 0.0595 e. The lowest BCUT2D eigenvalue weighted by molar-refractivity contribution is 0.432.